The fourth-order valence-electron chi connectivity index (χ4n) is 0.689. The predicted molar refractivity (Wildman–Crippen MR) is 39.7 cm³/mol. The molecule has 0 saturated heterocycles. The highest BCUT2D eigenvalue weighted by Crippen LogP contribution is 2.23. The third-order valence-corrected chi connectivity index (χ3v) is 1.75. The molecular formula is C6H3BrF3NO. The highest BCUT2D eigenvalue weighted by Gasteiger charge is 2.16. The molecule has 1 aromatic heterocycles. The van der Waals surface area contributed by atoms with Gasteiger partial charge in [0.15, 0.2) is 5.82 Å². The molecule has 0 aliphatic carbocycles. The van der Waals surface area contributed by atoms with Crippen molar-refractivity contribution in [3.63, 3.8) is 0 Å². The van der Waals surface area contributed by atoms with Crippen LogP contribution in [0, 0.1) is 5.82 Å². The van der Waals surface area contributed by atoms with Crippen LogP contribution < -0.4 is 5.56 Å². The topological polar surface area (TPSA) is 32.9 Å². The van der Waals surface area contributed by atoms with Crippen molar-refractivity contribution in [1.29, 1.82) is 0 Å². The Morgan fingerprint density at radius 1 is 1.50 bits per heavy atom. The Balaban J connectivity index is 3.38. The number of H-pyrrole nitrogens is 1. The Morgan fingerprint density at radius 2 is 2.08 bits per heavy atom. The number of aromatic amines is 1. The molecule has 0 unspecified atom stereocenters. The van der Waals surface area contributed by atoms with Crippen LogP contribution in [0.1, 0.15) is 12.0 Å². The monoisotopic (exact) mass is 241 g/mol. The van der Waals surface area contributed by atoms with E-state index in [0.29, 0.717) is 6.07 Å². The van der Waals surface area contributed by atoms with Crippen LogP contribution in [0.3, 0.4) is 0 Å². The minimum absolute atomic E-state index is 0.356. The summed E-state index contributed by atoms with van der Waals surface area (Å²) in [5.41, 5.74) is -1.66. The second-order valence-corrected chi connectivity index (χ2v) is 2.81. The van der Waals surface area contributed by atoms with Gasteiger partial charge >= 0.3 is 0 Å². The third-order valence-electron chi connectivity index (χ3n) is 1.20. The van der Waals surface area contributed by atoms with Crippen molar-refractivity contribution in [3.8, 4) is 0 Å². The van der Waals surface area contributed by atoms with E-state index in [-0.39, 0.29) is 4.60 Å². The Kier molecular flexibility index (Phi) is 2.56. The molecule has 0 radical (unpaired) electrons. The van der Waals surface area contributed by atoms with E-state index >= 15 is 0 Å². The van der Waals surface area contributed by atoms with Gasteiger partial charge < -0.3 is 4.98 Å². The van der Waals surface area contributed by atoms with Crippen molar-refractivity contribution in [3.05, 3.63) is 32.4 Å². The van der Waals surface area contributed by atoms with Gasteiger partial charge in [-0.25, -0.2) is 13.2 Å². The summed E-state index contributed by atoms with van der Waals surface area (Å²) in [5, 5.41) is 0. The van der Waals surface area contributed by atoms with Crippen molar-refractivity contribution in [1.82, 2.24) is 4.98 Å². The number of rotatable bonds is 1. The Labute approximate surface area is 73.5 Å². The van der Waals surface area contributed by atoms with Crippen molar-refractivity contribution >= 4 is 15.9 Å². The van der Waals surface area contributed by atoms with E-state index in [4.69, 9.17) is 0 Å². The Bertz CT molecular complexity index is 349. The van der Waals surface area contributed by atoms with Crippen molar-refractivity contribution in [2.45, 2.75) is 6.43 Å². The number of pyridine rings is 1. The molecule has 0 amide bonds. The molecule has 1 heterocycles. The number of alkyl halides is 2. The summed E-state index contributed by atoms with van der Waals surface area (Å²) in [5.74, 6) is -1.13. The molecule has 12 heavy (non-hydrogen) atoms. The molecule has 1 rings (SSSR count). The molecule has 2 nitrogen and oxygen atoms in total. The van der Waals surface area contributed by atoms with Crippen LogP contribution in [0.25, 0.3) is 0 Å². The van der Waals surface area contributed by atoms with Gasteiger partial charge in [0.2, 0.25) is 5.56 Å². The molecule has 0 saturated carbocycles. The highest BCUT2D eigenvalue weighted by molar-refractivity contribution is 9.10. The summed E-state index contributed by atoms with van der Waals surface area (Å²) >= 11 is 2.60. The fourth-order valence-corrected chi connectivity index (χ4v) is 1.11. The Morgan fingerprint density at radius 3 is 2.58 bits per heavy atom. The van der Waals surface area contributed by atoms with Gasteiger partial charge in [0.25, 0.3) is 6.43 Å². The van der Waals surface area contributed by atoms with Gasteiger partial charge in [-0.05, 0) is 15.9 Å². The van der Waals surface area contributed by atoms with Gasteiger partial charge in [0.05, 0.1) is 5.56 Å². The molecule has 6 heteroatoms. The fraction of sp³-hybridized carbons (Fsp3) is 0.167. The van der Waals surface area contributed by atoms with Crippen LogP contribution in [-0.4, -0.2) is 4.98 Å². The standard InChI is InChI=1S/C6H3BrF3NO/c7-5-4(8)2(6(9)10)1-3(12)11-5/h1,6H,(H,11,12). The van der Waals surface area contributed by atoms with Crippen LogP contribution in [0.4, 0.5) is 13.2 Å². The lowest BCUT2D eigenvalue weighted by molar-refractivity contribution is 0.145. The third kappa shape index (κ3) is 1.69. The van der Waals surface area contributed by atoms with Crippen molar-refractivity contribution in [2.75, 3.05) is 0 Å². The van der Waals surface area contributed by atoms with E-state index in [0.717, 1.165) is 0 Å². The summed E-state index contributed by atoms with van der Waals surface area (Å²) in [6.45, 7) is 0. The zero-order chi connectivity index (χ0) is 9.30. The molecule has 0 bridgehead atoms. The first kappa shape index (κ1) is 9.31. The maximum atomic E-state index is 12.7. The van der Waals surface area contributed by atoms with Crippen LogP contribution >= 0.6 is 15.9 Å². The SMILES string of the molecule is O=c1cc(C(F)F)c(F)c(Br)[nH]1. The molecule has 0 atom stereocenters. The maximum absolute atomic E-state index is 12.7. The molecule has 1 aromatic rings. The van der Waals surface area contributed by atoms with Gasteiger partial charge in [-0.15, -0.1) is 0 Å². The summed E-state index contributed by atoms with van der Waals surface area (Å²) in [7, 11) is 0. The first-order chi connectivity index (χ1) is 5.52. The maximum Gasteiger partial charge on any atom is 0.266 e. The summed E-state index contributed by atoms with van der Waals surface area (Å²) in [6, 6.07) is 0.532. The minimum atomic E-state index is -2.98. The summed E-state index contributed by atoms with van der Waals surface area (Å²) < 4.78 is 36.3. The largest absolute Gasteiger partial charge is 0.314 e. The molecule has 1 N–H and O–H groups in total. The van der Waals surface area contributed by atoms with E-state index in [1.165, 1.54) is 0 Å². The molecule has 0 aliphatic heterocycles. The van der Waals surface area contributed by atoms with Gasteiger partial charge in [-0.2, -0.15) is 0 Å². The van der Waals surface area contributed by atoms with E-state index in [2.05, 4.69) is 15.9 Å². The van der Waals surface area contributed by atoms with E-state index in [1.54, 1.807) is 0 Å². The molecule has 0 aromatic carbocycles. The number of hydrogen-bond donors (Lipinski definition) is 1. The number of halogens is 4. The smallest absolute Gasteiger partial charge is 0.266 e. The first-order valence-electron chi connectivity index (χ1n) is 2.88. The molecule has 0 fully saturated rings. The van der Waals surface area contributed by atoms with Crippen LogP contribution in [0.2, 0.25) is 0 Å². The lowest BCUT2D eigenvalue weighted by atomic mass is 10.3. The van der Waals surface area contributed by atoms with Gasteiger partial charge in [0, 0.05) is 6.07 Å². The van der Waals surface area contributed by atoms with E-state index in [1.807, 2.05) is 4.98 Å². The average Bonchev–Trinajstić information content (AvgIpc) is 1.96. The zero-order valence-electron chi connectivity index (χ0n) is 5.57. The zero-order valence-corrected chi connectivity index (χ0v) is 7.16. The molecule has 0 aliphatic rings. The first-order valence-corrected chi connectivity index (χ1v) is 3.68. The van der Waals surface area contributed by atoms with Crippen LogP contribution in [0.15, 0.2) is 15.5 Å². The highest BCUT2D eigenvalue weighted by atomic mass is 79.9. The number of aromatic nitrogens is 1. The van der Waals surface area contributed by atoms with Gasteiger partial charge in [0.1, 0.15) is 4.60 Å². The van der Waals surface area contributed by atoms with Gasteiger partial charge in [-0.1, -0.05) is 0 Å². The quantitative estimate of drug-likeness (QED) is 0.752. The van der Waals surface area contributed by atoms with Gasteiger partial charge in [-0.3, -0.25) is 4.79 Å². The van der Waals surface area contributed by atoms with E-state index < -0.39 is 23.4 Å². The summed E-state index contributed by atoms with van der Waals surface area (Å²) in [6.07, 6.45) is -2.98. The number of nitrogens with one attached hydrogen (secondary N) is 1. The van der Waals surface area contributed by atoms with Crippen LogP contribution in [0.5, 0.6) is 0 Å². The second-order valence-electron chi connectivity index (χ2n) is 2.02. The number of hydrogen-bond acceptors (Lipinski definition) is 1. The lowest BCUT2D eigenvalue weighted by Gasteiger charge is -2.01. The molecule has 66 valence electrons. The second kappa shape index (κ2) is 3.30. The molecular weight excluding hydrogens is 239 g/mol. The minimum Gasteiger partial charge on any atom is -0.314 e. The summed E-state index contributed by atoms with van der Waals surface area (Å²) in [4.78, 5) is 12.6. The van der Waals surface area contributed by atoms with Crippen LogP contribution in [-0.2, 0) is 0 Å². The molecule has 0 spiro atoms. The average molecular weight is 242 g/mol. The normalized spacial score (nSPS) is 10.8. The lowest BCUT2D eigenvalue weighted by Crippen LogP contribution is -2.09. The van der Waals surface area contributed by atoms with Crippen molar-refractivity contribution in [2.24, 2.45) is 0 Å². The Hall–Kier alpha value is -0.780. The predicted octanol–water partition coefficient (Wildman–Crippen LogP) is 2.21. The van der Waals surface area contributed by atoms with E-state index in [9.17, 15) is 18.0 Å². The van der Waals surface area contributed by atoms with Crippen molar-refractivity contribution < 1.29 is 13.2 Å².